The summed E-state index contributed by atoms with van der Waals surface area (Å²) in [6, 6.07) is 9.72. The number of ether oxygens (including phenoxy) is 2. The third-order valence-electron chi connectivity index (χ3n) is 3.01. The van der Waals surface area contributed by atoms with Crippen LogP contribution in [0.1, 0.15) is 19.4 Å². The van der Waals surface area contributed by atoms with Crippen molar-refractivity contribution in [1.29, 1.82) is 0 Å². The topological polar surface area (TPSA) is 67.8 Å². The van der Waals surface area contributed by atoms with Gasteiger partial charge in [-0.25, -0.2) is 4.79 Å². The third-order valence-corrected chi connectivity index (χ3v) is 3.01. The van der Waals surface area contributed by atoms with Gasteiger partial charge in [0.05, 0.1) is 25.4 Å². The van der Waals surface area contributed by atoms with Gasteiger partial charge < -0.3 is 19.9 Å². The summed E-state index contributed by atoms with van der Waals surface area (Å²) in [5.41, 5.74) is 0.488. The van der Waals surface area contributed by atoms with E-state index in [9.17, 15) is 9.90 Å². The summed E-state index contributed by atoms with van der Waals surface area (Å²) in [5.74, 6) is -0.361. The highest BCUT2D eigenvalue weighted by Crippen LogP contribution is 2.19. The summed E-state index contributed by atoms with van der Waals surface area (Å²) in [6.07, 6.45) is 0. The number of carbonyl (C=O) groups excluding carboxylic acids is 1. The molecule has 5 nitrogen and oxygen atoms in total. The smallest absolute Gasteiger partial charge is 0.332 e. The van der Waals surface area contributed by atoms with E-state index in [0.717, 1.165) is 5.56 Å². The molecule has 0 heterocycles. The zero-order valence-corrected chi connectivity index (χ0v) is 12.1. The van der Waals surface area contributed by atoms with Gasteiger partial charge in [0.25, 0.3) is 0 Å². The van der Waals surface area contributed by atoms with Gasteiger partial charge in [-0.2, -0.15) is 0 Å². The second kappa shape index (κ2) is 8.68. The lowest BCUT2D eigenvalue weighted by Crippen LogP contribution is -2.44. The summed E-state index contributed by atoms with van der Waals surface area (Å²) in [4.78, 5) is 11.1. The molecule has 1 atom stereocenters. The molecule has 1 rings (SSSR count). The molecule has 1 aromatic carbocycles. The number of hydrogen-bond acceptors (Lipinski definition) is 5. The van der Waals surface area contributed by atoms with Gasteiger partial charge in [-0.05, 0) is 19.4 Å². The second-order valence-corrected chi connectivity index (χ2v) is 4.64. The molecule has 20 heavy (non-hydrogen) atoms. The number of rotatable bonds is 9. The molecule has 0 aliphatic rings. The fourth-order valence-corrected chi connectivity index (χ4v) is 1.81. The minimum Gasteiger partial charge on any atom is -0.464 e. The van der Waals surface area contributed by atoms with Gasteiger partial charge in [0.1, 0.15) is 6.61 Å². The molecule has 1 aromatic rings. The number of benzene rings is 1. The summed E-state index contributed by atoms with van der Waals surface area (Å²) in [5, 5.41) is 12.8. The van der Waals surface area contributed by atoms with Crippen molar-refractivity contribution in [1.82, 2.24) is 5.32 Å². The molecule has 0 saturated heterocycles. The van der Waals surface area contributed by atoms with Crippen LogP contribution in [0.15, 0.2) is 30.3 Å². The fourth-order valence-electron chi connectivity index (χ4n) is 1.81. The molecule has 0 amide bonds. The Hall–Kier alpha value is -1.43. The number of carbonyl (C=O) groups is 1. The number of nitrogens with one attached hydrogen (secondary N) is 1. The van der Waals surface area contributed by atoms with Gasteiger partial charge in [-0.1, -0.05) is 30.3 Å². The maximum absolute atomic E-state index is 11.1. The molecule has 0 spiro atoms. The Bertz CT molecular complexity index is 396. The first-order valence-electron chi connectivity index (χ1n) is 6.77. The fraction of sp³-hybridized carbons (Fsp3) is 0.533. The second-order valence-electron chi connectivity index (χ2n) is 4.64. The van der Waals surface area contributed by atoms with Crippen molar-refractivity contribution in [3.63, 3.8) is 0 Å². The molecule has 0 aliphatic carbocycles. The lowest BCUT2D eigenvalue weighted by Gasteiger charge is -2.29. The number of aliphatic hydroxyl groups excluding tert-OH is 1. The van der Waals surface area contributed by atoms with E-state index in [-0.39, 0.29) is 19.2 Å². The first kappa shape index (κ1) is 16.6. The van der Waals surface area contributed by atoms with Crippen LogP contribution < -0.4 is 5.32 Å². The highest BCUT2D eigenvalue weighted by Gasteiger charge is 2.24. The SMILES string of the molecule is CCOC(=O)COCCNC(C)(CO)c1ccccc1. The Morgan fingerprint density at radius 3 is 2.65 bits per heavy atom. The van der Waals surface area contributed by atoms with Crippen molar-refractivity contribution < 1.29 is 19.4 Å². The third kappa shape index (κ3) is 5.28. The van der Waals surface area contributed by atoms with Crippen molar-refractivity contribution in [2.45, 2.75) is 19.4 Å². The van der Waals surface area contributed by atoms with Gasteiger partial charge in [0.15, 0.2) is 0 Å². The van der Waals surface area contributed by atoms with Gasteiger partial charge >= 0.3 is 5.97 Å². The van der Waals surface area contributed by atoms with Crippen molar-refractivity contribution in [2.75, 3.05) is 33.0 Å². The van der Waals surface area contributed by atoms with Gasteiger partial charge in [0, 0.05) is 6.54 Å². The van der Waals surface area contributed by atoms with Crippen molar-refractivity contribution in [3.05, 3.63) is 35.9 Å². The molecule has 0 aromatic heterocycles. The van der Waals surface area contributed by atoms with E-state index in [1.807, 2.05) is 37.3 Å². The summed E-state index contributed by atoms with van der Waals surface area (Å²) < 4.78 is 9.96. The summed E-state index contributed by atoms with van der Waals surface area (Å²) in [6.45, 7) is 4.88. The van der Waals surface area contributed by atoms with Gasteiger partial charge in [0.2, 0.25) is 0 Å². The number of aliphatic hydroxyl groups is 1. The Morgan fingerprint density at radius 2 is 2.05 bits per heavy atom. The van der Waals surface area contributed by atoms with E-state index in [4.69, 9.17) is 9.47 Å². The molecule has 5 heteroatoms. The largest absolute Gasteiger partial charge is 0.464 e. The van der Waals surface area contributed by atoms with Crippen LogP contribution in [-0.4, -0.2) is 44.0 Å². The van der Waals surface area contributed by atoms with Crippen molar-refractivity contribution in [3.8, 4) is 0 Å². The minimum atomic E-state index is -0.519. The molecule has 2 N–H and O–H groups in total. The zero-order valence-electron chi connectivity index (χ0n) is 12.1. The van der Waals surface area contributed by atoms with E-state index in [0.29, 0.717) is 19.8 Å². The van der Waals surface area contributed by atoms with Crippen LogP contribution in [0.3, 0.4) is 0 Å². The van der Waals surface area contributed by atoms with Crippen LogP contribution in [0.4, 0.5) is 0 Å². The Kier molecular flexibility index (Phi) is 7.22. The number of esters is 1. The van der Waals surface area contributed by atoms with E-state index in [1.54, 1.807) is 6.92 Å². The molecule has 0 radical (unpaired) electrons. The molecule has 112 valence electrons. The van der Waals surface area contributed by atoms with Crippen LogP contribution >= 0.6 is 0 Å². The predicted molar refractivity (Wildman–Crippen MR) is 76.3 cm³/mol. The van der Waals surface area contributed by atoms with E-state index < -0.39 is 5.54 Å². The van der Waals surface area contributed by atoms with Crippen molar-refractivity contribution >= 4 is 5.97 Å². The quantitative estimate of drug-likeness (QED) is 0.523. The lowest BCUT2D eigenvalue weighted by molar-refractivity contribution is -0.148. The predicted octanol–water partition coefficient (Wildman–Crippen LogP) is 1.06. The normalized spacial score (nSPS) is 13.8. The number of hydrogen-bond donors (Lipinski definition) is 2. The maximum atomic E-state index is 11.1. The standard InChI is InChI=1S/C15H23NO4/c1-3-20-14(18)11-19-10-9-16-15(2,12-17)13-7-5-4-6-8-13/h4-8,16-17H,3,9-12H2,1-2H3. The molecule has 1 unspecified atom stereocenters. The first-order valence-corrected chi connectivity index (χ1v) is 6.77. The first-order chi connectivity index (χ1) is 9.62. The van der Waals surface area contributed by atoms with Crippen molar-refractivity contribution in [2.24, 2.45) is 0 Å². The maximum Gasteiger partial charge on any atom is 0.332 e. The molecular formula is C15H23NO4. The van der Waals surface area contributed by atoms with Gasteiger partial charge in [-0.3, -0.25) is 0 Å². The van der Waals surface area contributed by atoms with Gasteiger partial charge in [-0.15, -0.1) is 0 Å². The molecule has 0 fully saturated rings. The van der Waals surface area contributed by atoms with Crippen LogP contribution in [-0.2, 0) is 19.8 Å². The van der Waals surface area contributed by atoms with Crippen LogP contribution in [0.5, 0.6) is 0 Å². The zero-order chi connectivity index (χ0) is 14.8. The highest BCUT2D eigenvalue weighted by atomic mass is 16.6. The van der Waals surface area contributed by atoms with Crippen LogP contribution in [0.2, 0.25) is 0 Å². The lowest BCUT2D eigenvalue weighted by atomic mass is 9.93. The van der Waals surface area contributed by atoms with E-state index in [2.05, 4.69) is 5.32 Å². The average Bonchev–Trinajstić information content (AvgIpc) is 2.48. The minimum absolute atomic E-state index is 0.0190. The molecule has 0 bridgehead atoms. The van der Waals surface area contributed by atoms with E-state index >= 15 is 0 Å². The molecule has 0 aliphatic heterocycles. The molecule has 0 saturated carbocycles. The average molecular weight is 281 g/mol. The van der Waals surface area contributed by atoms with Crippen LogP contribution in [0, 0.1) is 0 Å². The van der Waals surface area contributed by atoms with Crippen LogP contribution in [0.25, 0.3) is 0 Å². The monoisotopic (exact) mass is 281 g/mol. The Balaban J connectivity index is 2.33. The van der Waals surface area contributed by atoms with E-state index in [1.165, 1.54) is 0 Å². The summed E-state index contributed by atoms with van der Waals surface area (Å²) in [7, 11) is 0. The Morgan fingerprint density at radius 1 is 1.35 bits per heavy atom. The Labute approximate surface area is 119 Å². The highest BCUT2D eigenvalue weighted by molar-refractivity contribution is 5.70. The molecular weight excluding hydrogens is 258 g/mol. The summed E-state index contributed by atoms with van der Waals surface area (Å²) >= 11 is 0.